The van der Waals surface area contributed by atoms with Gasteiger partial charge in [-0.15, -0.1) is 0 Å². The van der Waals surface area contributed by atoms with Crippen molar-refractivity contribution in [3.8, 4) is 0 Å². The molecule has 0 amide bonds. The minimum atomic E-state index is 0.869. The average molecular weight is 272 g/mol. The summed E-state index contributed by atoms with van der Waals surface area (Å²) in [6, 6.07) is 0. The van der Waals surface area contributed by atoms with Gasteiger partial charge in [-0.3, -0.25) is 0 Å². The van der Waals surface area contributed by atoms with Crippen molar-refractivity contribution in [2.24, 2.45) is 5.73 Å². The van der Waals surface area contributed by atoms with Crippen molar-refractivity contribution in [3.05, 3.63) is 0 Å². The van der Waals surface area contributed by atoms with E-state index in [4.69, 9.17) is 5.73 Å². The average Bonchev–Trinajstić information content (AvgIpc) is 2.43. The van der Waals surface area contributed by atoms with Gasteiger partial charge < -0.3 is 5.73 Å². The highest BCUT2D eigenvalue weighted by molar-refractivity contribution is 4.44. The van der Waals surface area contributed by atoms with Crippen molar-refractivity contribution in [2.45, 2.75) is 111 Å². The Labute approximate surface area is 123 Å². The van der Waals surface area contributed by atoms with E-state index >= 15 is 0 Å². The standard InChI is InChI=1S/C9H21N.C9H20/c1-2-3-4-5-6-7-8-9-10;1-3-5-7-9-8-6-4-2/h2-10H2,1H3;3-9H2,1-2H3. The molecule has 0 aromatic heterocycles. The molecule has 0 saturated carbocycles. The van der Waals surface area contributed by atoms with E-state index in [0.717, 1.165) is 6.54 Å². The zero-order chi connectivity index (χ0) is 14.6. The molecule has 0 rings (SSSR count). The van der Waals surface area contributed by atoms with E-state index in [1.807, 2.05) is 0 Å². The summed E-state index contributed by atoms with van der Waals surface area (Å²) in [5.74, 6) is 0. The normalized spacial score (nSPS) is 10.1. The molecule has 0 radical (unpaired) electrons. The van der Waals surface area contributed by atoms with Gasteiger partial charge >= 0.3 is 0 Å². The Bertz CT molecular complexity index is 109. The quantitative estimate of drug-likeness (QED) is 0.383. The second-order valence-electron chi connectivity index (χ2n) is 5.68. The van der Waals surface area contributed by atoms with Crippen LogP contribution >= 0.6 is 0 Å². The molecule has 0 aliphatic carbocycles. The lowest BCUT2D eigenvalue weighted by Gasteiger charge is -1.97. The van der Waals surface area contributed by atoms with Crippen LogP contribution in [0.3, 0.4) is 0 Å². The van der Waals surface area contributed by atoms with Crippen LogP contribution in [-0.4, -0.2) is 6.54 Å². The molecule has 0 aliphatic rings. The predicted molar refractivity (Wildman–Crippen MR) is 90.7 cm³/mol. The van der Waals surface area contributed by atoms with Gasteiger partial charge in [-0.2, -0.15) is 0 Å². The minimum absolute atomic E-state index is 0.869. The lowest BCUT2D eigenvalue weighted by molar-refractivity contribution is 0.593. The molecule has 0 unspecified atom stereocenters. The fraction of sp³-hybridized carbons (Fsp3) is 1.00. The Morgan fingerprint density at radius 1 is 0.421 bits per heavy atom. The molecule has 2 N–H and O–H groups in total. The van der Waals surface area contributed by atoms with Crippen LogP contribution in [0, 0.1) is 0 Å². The van der Waals surface area contributed by atoms with Crippen LogP contribution in [0.5, 0.6) is 0 Å². The third-order valence-corrected chi connectivity index (χ3v) is 3.51. The van der Waals surface area contributed by atoms with Gasteiger partial charge in [0.15, 0.2) is 0 Å². The van der Waals surface area contributed by atoms with Crippen LogP contribution in [0.25, 0.3) is 0 Å². The summed E-state index contributed by atoms with van der Waals surface area (Å²) < 4.78 is 0. The predicted octanol–water partition coefficient (Wildman–Crippen LogP) is 6.45. The van der Waals surface area contributed by atoms with E-state index in [9.17, 15) is 0 Å². The van der Waals surface area contributed by atoms with Crippen molar-refractivity contribution in [1.82, 2.24) is 0 Å². The summed E-state index contributed by atoms with van der Waals surface area (Å²) in [4.78, 5) is 0. The van der Waals surface area contributed by atoms with Crippen molar-refractivity contribution in [3.63, 3.8) is 0 Å². The number of rotatable bonds is 13. The molecule has 0 saturated heterocycles. The van der Waals surface area contributed by atoms with Crippen LogP contribution in [-0.2, 0) is 0 Å². The summed E-state index contributed by atoms with van der Waals surface area (Å²) in [5.41, 5.74) is 5.37. The lowest BCUT2D eigenvalue weighted by atomic mass is 10.1. The Morgan fingerprint density at radius 3 is 0.947 bits per heavy atom. The van der Waals surface area contributed by atoms with E-state index in [1.54, 1.807) is 0 Å². The first-order chi connectivity index (χ1) is 9.33. The Kier molecular flexibility index (Phi) is 25.8. The van der Waals surface area contributed by atoms with Gasteiger partial charge in [0.05, 0.1) is 0 Å². The lowest BCUT2D eigenvalue weighted by Crippen LogP contribution is -1.97. The maximum Gasteiger partial charge on any atom is -0.00773 e. The fourth-order valence-corrected chi connectivity index (χ4v) is 2.13. The molecule has 0 fully saturated rings. The Morgan fingerprint density at radius 2 is 0.684 bits per heavy atom. The fourth-order valence-electron chi connectivity index (χ4n) is 2.13. The molecular weight excluding hydrogens is 230 g/mol. The van der Waals surface area contributed by atoms with Crippen molar-refractivity contribution in [2.75, 3.05) is 6.54 Å². The van der Waals surface area contributed by atoms with E-state index < -0.39 is 0 Å². The first-order valence-corrected chi connectivity index (χ1v) is 9.03. The number of hydrogen-bond donors (Lipinski definition) is 1. The summed E-state index contributed by atoms with van der Waals surface area (Å²) in [6.45, 7) is 7.65. The SMILES string of the molecule is CCCCCCCCC.CCCCCCCCCN. The monoisotopic (exact) mass is 271 g/mol. The highest BCUT2D eigenvalue weighted by atomic mass is 14.5. The largest absolute Gasteiger partial charge is 0.330 e. The Balaban J connectivity index is 0. The first-order valence-electron chi connectivity index (χ1n) is 9.03. The molecule has 0 bridgehead atoms. The highest BCUT2D eigenvalue weighted by Gasteiger charge is 1.87. The van der Waals surface area contributed by atoms with Gasteiger partial charge in [0, 0.05) is 0 Å². The van der Waals surface area contributed by atoms with Crippen LogP contribution < -0.4 is 5.73 Å². The second-order valence-corrected chi connectivity index (χ2v) is 5.68. The zero-order valence-electron chi connectivity index (χ0n) is 14.2. The molecule has 0 aromatic carbocycles. The van der Waals surface area contributed by atoms with E-state index in [0.29, 0.717) is 0 Å². The molecule has 0 atom stereocenters. The van der Waals surface area contributed by atoms with E-state index in [2.05, 4.69) is 20.8 Å². The summed E-state index contributed by atoms with van der Waals surface area (Å²) >= 11 is 0. The maximum absolute atomic E-state index is 5.37. The second kappa shape index (κ2) is 23.1. The molecular formula is C18H41N. The molecule has 0 spiro atoms. The van der Waals surface area contributed by atoms with Crippen LogP contribution in [0.15, 0.2) is 0 Å². The number of nitrogens with two attached hydrogens (primary N) is 1. The van der Waals surface area contributed by atoms with Crippen LogP contribution in [0.1, 0.15) is 111 Å². The summed E-state index contributed by atoms with van der Waals surface area (Å²) in [5, 5.41) is 0. The van der Waals surface area contributed by atoms with Gasteiger partial charge in [0.2, 0.25) is 0 Å². The molecule has 118 valence electrons. The molecule has 19 heavy (non-hydrogen) atoms. The third-order valence-electron chi connectivity index (χ3n) is 3.51. The van der Waals surface area contributed by atoms with E-state index in [1.165, 1.54) is 89.9 Å². The zero-order valence-corrected chi connectivity index (χ0v) is 14.2. The molecule has 0 aliphatic heterocycles. The number of unbranched alkanes of at least 4 members (excludes halogenated alkanes) is 12. The van der Waals surface area contributed by atoms with Crippen molar-refractivity contribution < 1.29 is 0 Å². The van der Waals surface area contributed by atoms with Crippen molar-refractivity contribution >= 4 is 0 Å². The van der Waals surface area contributed by atoms with Crippen LogP contribution in [0.2, 0.25) is 0 Å². The Hall–Kier alpha value is -0.0400. The summed E-state index contributed by atoms with van der Waals surface area (Å²) in [7, 11) is 0. The molecule has 0 heterocycles. The van der Waals surface area contributed by atoms with Gasteiger partial charge in [0.25, 0.3) is 0 Å². The van der Waals surface area contributed by atoms with Gasteiger partial charge in [-0.1, -0.05) is 104 Å². The van der Waals surface area contributed by atoms with Gasteiger partial charge in [-0.25, -0.2) is 0 Å². The highest BCUT2D eigenvalue weighted by Crippen LogP contribution is 2.06. The summed E-state index contributed by atoms with van der Waals surface area (Å²) in [6.07, 6.45) is 19.5. The molecule has 0 aromatic rings. The van der Waals surface area contributed by atoms with Gasteiger partial charge in [0.1, 0.15) is 0 Å². The van der Waals surface area contributed by atoms with Crippen LogP contribution in [0.4, 0.5) is 0 Å². The number of hydrogen-bond acceptors (Lipinski definition) is 1. The topological polar surface area (TPSA) is 26.0 Å². The smallest absolute Gasteiger partial charge is 0.00773 e. The molecule has 1 nitrogen and oxygen atoms in total. The third kappa shape index (κ3) is 27.2. The van der Waals surface area contributed by atoms with Crippen molar-refractivity contribution in [1.29, 1.82) is 0 Å². The van der Waals surface area contributed by atoms with Gasteiger partial charge in [-0.05, 0) is 13.0 Å². The maximum atomic E-state index is 5.37. The first kappa shape index (κ1) is 21.3. The minimum Gasteiger partial charge on any atom is -0.330 e. The van der Waals surface area contributed by atoms with E-state index in [-0.39, 0.29) is 0 Å². The molecule has 1 heteroatoms.